The van der Waals surface area contributed by atoms with E-state index in [1.165, 1.54) is 34.9 Å². The number of aromatic amines is 1. The maximum Gasteiger partial charge on any atom is 0.0459 e. The fourth-order valence-electron chi connectivity index (χ4n) is 2.73. The Labute approximate surface area is 96.1 Å². The van der Waals surface area contributed by atoms with Gasteiger partial charge in [0.05, 0.1) is 0 Å². The maximum atomic E-state index is 3.42. The van der Waals surface area contributed by atoms with Crippen LogP contribution in [0.3, 0.4) is 0 Å². The molecule has 2 nitrogen and oxygen atoms in total. The summed E-state index contributed by atoms with van der Waals surface area (Å²) in [5.41, 5.74) is 4.12. The molecular formula is C14H18N2. The number of nitrogens with one attached hydrogen (secondary N) is 2. The number of aromatic nitrogens is 1. The molecule has 16 heavy (non-hydrogen) atoms. The number of fused-ring (bicyclic) bond motifs is 1. The predicted octanol–water partition coefficient (Wildman–Crippen LogP) is 2.94. The summed E-state index contributed by atoms with van der Waals surface area (Å²) in [6, 6.07) is 6.71. The standard InChI is InChI=1S/C14H18N2/c1-10-2-3-12-13(9-16-14(12)8-10)11-4-6-15-7-5-11/h2-3,8-9,11,15-16H,4-7H2,1H3. The van der Waals surface area contributed by atoms with Gasteiger partial charge in [0.25, 0.3) is 0 Å². The van der Waals surface area contributed by atoms with Crippen LogP contribution in [0, 0.1) is 6.92 Å². The topological polar surface area (TPSA) is 27.8 Å². The SMILES string of the molecule is Cc1ccc2c(C3CCNCC3)c[nH]c2c1. The monoisotopic (exact) mass is 214 g/mol. The Morgan fingerprint density at radius 1 is 1.19 bits per heavy atom. The number of rotatable bonds is 1. The number of hydrogen-bond acceptors (Lipinski definition) is 1. The van der Waals surface area contributed by atoms with Crippen molar-refractivity contribution in [2.75, 3.05) is 13.1 Å². The molecule has 84 valence electrons. The van der Waals surface area contributed by atoms with Crippen LogP contribution < -0.4 is 5.32 Å². The Balaban J connectivity index is 2.03. The zero-order chi connectivity index (χ0) is 11.0. The molecule has 2 heterocycles. The minimum Gasteiger partial charge on any atom is -0.361 e. The van der Waals surface area contributed by atoms with Crippen LogP contribution in [-0.2, 0) is 0 Å². The lowest BCUT2D eigenvalue weighted by molar-refractivity contribution is 0.462. The van der Waals surface area contributed by atoms with Gasteiger partial charge in [0.15, 0.2) is 0 Å². The maximum absolute atomic E-state index is 3.42. The molecule has 2 aromatic rings. The fraction of sp³-hybridized carbons (Fsp3) is 0.429. The van der Waals surface area contributed by atoms with Crippen molar-refractivity contribution in [3.63, 3.8) is 0 Å². The van der Waals surface area contributed by atoms with E-state index >= 15 is 0 Å². The van der Waals surface area contributed by atoms with Crippen LogP contribution in [0.4, 0.5) is 0 Å². The summed E-state index contributed by atoms with van der Waals surface area (Å²) in [5.74, 6) is 0.734. The molecule has 0 saturated carbocycles. The van der Waals surface area contributed by atoms with Gasteiger partial charge in [-0.25, -0.2) is 0 Å². The fourth-order valence-corrected chi connectivity index (χ4v) is 2.73. The number of aryl methyl sites for hydroxylation is 1. The van der Waals surface area contributed by atoms with Crippen LogP contribution in [0.15, 0.2) is 24.4 Å². The molecule has 1 saturated heterocycles. The summed E-state index contributed by atoms with van der Waals surface area (Å²) >= 11 is 0. The van der Waals surface area contributed by atoms with E-state index in [1.54, 1.807) is 0 Å². The summed E-state index contributed by atoms with van der Waals surface area (Å²) in [7, 11) is 0. The highest BCUT2D eigenvalue weighted by Gasteiger charge is 2.18. The van der Waals surface area contributed by atoms with Gasteiger partial charge in [0.1, 0.15) is 0 Å². The van der Waals surface area contributed by atoms with Gasteiger partial charge in [-0.15, -0.1) is 0 Å². The third-order valence-corrected chi connectivity index (χ3v) is 3.65. The van der Waals surface area contributed by atoms with E-state index in [1.807, 2.05) is 0 Å². The largest absolute Gasteiger partial charge is 0.361 e. The van der Waals surface area contributed by atoms with Gasteiger partial charge < -0.3 is 10.3 Å². The highest BCUT2D eigenvalue weighted by molar-refractivity contribution is 5.84. The highest BCUT2D eigenvalue weighted by Crippen LogP contribution is 2.31. The quantitative estimate of drug-likeness (QED) is 0.750. The molecule has 1 aliphatic rings. The summed E-state index contributed by atoms with van der Waals surface area (Å²) in [5, 5.41) is 4.84. The van der Waals surface area contributed by atoms with Crippen LogP contribution in [0.1, 0.15) is 29.9 Å². The summed E-state index contributed by atoms with van der Waals surface area (Å²) in [4.78, 5) is 3.41. The van der Waals surface area contributed by atoms with E-state index in [0.717, 1.165) is 19.0 Å². The van der Waals surface area contributed by atoms with Crippen LogP contribution in [0.5, 0.6) is 0 Å². The van der Waals surface area contributed by atoms with Crippen molar-refractivity contribution in [3.8, 4) is 0 Å². The Bertz CT molecular complexity index is 492. The second-order valence-electron chi connectivity index (χ2n) is 4.82. The molecule has 1 aliphatic heterocycles. The lowest BCUT2D eigenvalue weighted by Gasteiger charge is -2.22. The smallest absolute Gasteiger partial charge is 0.0459 e. The van der Waals surface area contributed by atoms with Crippen LogP contribution in [0.25, 0.3) is 10.9 Å². The molecule has 1 aromatic heterocycles. The van der Waals surface area contributed by atoms with E-state index in [0.29, 0.717) is 0 Å². The van der Waals surface area contributed by atoms with E-state index < -0.39 is 0 Å². The number of hydrogen-bond donors (Lipinski definition) is 2. The molecule has 1 fully saturated rings. The van der Waals surface area contributed by atoms with E-state index in [4.69, 9.17) is 0 Å². The van der Waals surface area contributed by atoms with Crippen molar-refractivity contribution in [1.29, 1.82) is 0 Å². The highest BCUT2D eigenvalue weighted by atomic mass is 14.9. The van der Waals surface area contributed by atoms with Crippen molar-refractivity contribution in [2.24, 2.45) is 0 Å². The van der Waals surface area contributed by atoms with Crippen LogP contribution in [0.2, 0.25) is 0 Å². The molecule has 0 unspecified atom stereocenters. The summed E-state index contributed by atoms with van der Waals surface area (Å²) in [6.45, 7) is 4.46. The van der Waals surface area contributed by atoms with Gasteiger partial charge in [-0.1, -0.05) is 12.1 Å². The second kappa shape index (κ2) is 3.95. The Morgan fingerprint density at radius 3 is 2.81 bits per heavy atom. The summed E-state index contributed by atoms with van der Waals surface area (Å²) in [6.07, 6.45) is 4.74. The molecule has 1 aromatic carbocycles. The normalized spacial score (nSPS) is 18.1. The van der Waals surface area contributed by atoms with Gasteiger partial charge in [0.2, 0.25) is 0 Å². The van der Waals surface area contributed by atoms with Gasteiger partial charge in [-0.2, -0.15) is 0 Å². The zero-order valence-corrected chi connectivity index (χ0v) is 9.72. The van der Waals surface area contributed by atoms with Crippen molar-refractivity contribution < 1.29 is 0 Å². The van der Waals surface area contributed by atoms with Crippen molar-refractivity contribution in [3.05, 3.63) is 35.5 Å². The molecule has 0 radical (unpaired) electrons. The molecular weight excluding hydrogens is 196 g/mol. The zero-order valence-electron chi connectivity index (χ0n) is 9.72. The molecule has 2 N–H and O–H groups in total. The van der Waals surface area contributed by atoms with Crippen molar-refractivity contribution in [1.82, 2.24) is 10.3 Å². The van der Waals surface area contributed by atoms with Crippen LogP contribution in [-0.4, -0.2) is 18.1 Å². The molecule has 3 rings (SSSR count). The van der Waals surface area contributed by atoms with E-state index in [-0.39, 0.29) is 0 Å². The first-order chi connectivity index (χ1) is 7.84. The Morgan fingerprint density at radius 2 is 2.00 bits per heavy atom. The van der Waals surface area contributed by atoms with Gasteiger partial charge in [-0.3, -0.25) is 0 Å². The lowest BCUT2D eigenvalue weighted by Crippen LogP contribution is -2.26. The molecule has 0 bridgehead atoms. The molecule has 0 amide bonds. The minimum atomic E-state index is 0.734. The molecule has 0 aliphatic carbocycles. The number of piperidine rings is 1. The first kappa shape index (κ1) is 9.91. The first-order valence-electron chi connectivity index (χ1n) is 6.13. The van der Waals surface area contributed by atoms with Gasteiger partial charge >= 0.3 is 0 Å². The Hall–Kier alpha value is -1.28. The molecule has 0 atom stereocenters. The van der Waals surface area contributed by atoms with Gasteiger partial charge in [-0.05, 0) is 56.0 Å². The lowest BCUT2D eigenvalue weighted by atomic mass is 9.90. The van der Waals surface area contributed by atoms with Crippen molar-refractivity contribution >= 4 is 10.9 Å². The van der Waals surface area contributed by atoms with Gasteiger partial charge in [0, 0.05) is 17.1 Å². The average Bonchev–Trinajstić information content (AvgIpc) is 2.73. The minimum absolute atomic E-state index is 0.734. The molecule has 2 heteroatoms. The Kier molecular flexibility index (Phi) is 2.44. The third kappa shape index (κ3) is 1.63. The third-order valence-electron chi connectivity index (χ3n) is 3.65. The second-order valence-corrected chi connectivity index (χ2v) is 4.82. The summed E-state index contributed by atoms with van der Waals surface area (Å²) < 4.78 is 0. The predicted molar refractivity (Wildman–Crippen MR) is 67.9 cm³/mol. The number of H-pyrrole nitrogens is 1. The molecule has 0 spiro atoms. The van der Waals surface area contributed by atoms with E-state index in [9.17, 15) is 0 Å². The van der Waals surface area contributed by atoms with Crippen molar-refractivity contribution in [2.45, 2.75) is 25.7 Å². The first-order valence-corrected chi connectivity index (χ1v) is 6.13. The van der Waals surface area contributed by atoms with Crippen LogP contribution >= 0.6 is 0 Å². The number of benzene rings is 1. The average molecular weight is 214 g/mol. The van der Waals surface area contributed by atoms with E-state index in [2.05, 4.69) is 41.6 Å².